The molecule has 3 aromatic rings. The molecule has 5 nitrogen and oxygen atoms in total. The van der Waals surface area contributed by atoms with Gasteiger partial charge >= 0.3 is 0 Å². The van der Waals surface area contributed by atoms with Crippen LogP contribution in [0.5, 0.6) is 5.75 Å². The summed E-state index contributed by atoms with van der Waals surface area (Å²) in [6.45, 7) is 0. The van der Waals surface area contributed by atoms with E-state index in [-0.39, 0.29) is 5.91 Å². The average Bonchev–Trinajstić information content (AvgIpc) is 3.25. The van der Waals surface area contributed by atoms with Crippen molar-refractivity contribution in [1.82, 2.24) is 10.3 Å². The van der Waals surface area contributed by atoms with Crippen molar-refractivity contribution >= 4 is 17.2 Å². The second kappa shape index (κ2) is 6.44. The molecule has 0 aliphatic heterocycles. The summed E-state index contributed by atoms with van der Waals surface area (Å²) < 4.78 is 10.9. The Hall–Kier alpha value is -2.60. The smallest absolute Gasteiger partial charge is 0.263 e. The van der Waals surface area contributed by atoms with Crippen LogP contribution in [0.1, 0.15) is 27.0 Å². The fourth-order valence-electron chi connectivity index (χ4n) is 2.19. The first-order chi connectivity index (χ1) is 10.8. The minimum absolute atomic E-state index is 0.199. The fraction of sp³-hybridized carbons (Fsp3) is 0.125. The molecule has 0 saturated heterocycles. The highest BCUT2D eigenvalue weighted by molar-refractivity contribution is 7.11. The van der Waals surface area contributed by atoms with Gasteiger partial charge in [-0.25, -0.2) is 0 Å². The first-order valence-electron chi connectivity index (χ1n) is 6.65. The van der Waals surface area contributed by atoms with Gasteiger partial charge in [0.25, 0.3) is 5.91 Å². The lowest BCUT2D eigenvalue weighted by Gasteiger charge is -2.19. The zero-order valence-electron chi connectivity index (χ0n) is 11.9. The Kier molecular flexibility index (Phi) is 4.20. The van der Waals surface area contributed by atoms with Crippen LogP contribution in [-0.2, 0) is 0 Å². The minimum Gasteiger partial charge on any atom is -0.496 e. The molecule has 2 heterocycles. The molecule has 0 spiro atoms. The number of thiazole rings is 1. The van der Waals surface area contributed by atoms with Crippen molar-refractivity contribution in [3.63, 3.8) is 0 Å². The van der Waals surface area contributed by atoms with Crippen LogP contribution in [0.2, 0.25) is 0 Å². The number of methoxy groups -OCH3 is 1. The van der Waals surface area contributed by atoms with Crippen molar-refractivity contribution in [2.45, 2.75) is 6.04 Å². The lowest BCUT2D eigenvalue weighted by Crippen LogP contribution is -2.28. The van der Waals surface area contributed by atoms with Gasteiger partial charge in [0, 0.05) is 5.56 Å². The molecule has 1 amide bonds. The normalized spacial score (nSPS) is 11.9. The van der Waals surface area contributed by atoms with Crippen LogP contribution < -0.4 is 10.1 Å². The number of rotatable bonds is 5. The molecule has 3 rings (SSSR count). The molecule has 6 heteroatoms. The van der Waals surface area contributed by atoms with Crippen LogP contribution in [-0.4, -0.2) is 18.0 Å². The van der Waals surface area contributed by atoms with Crippen LogP contribution in [0.4, 0.5) is 0 Å². The monoisotopic (exact) mass is 314 g/mol. The molecule has 22 heavy (non-hydrogen) atoms. The maximum atomic E-state index is 12.4. The maximum Gasteiger partial charge on any atom is 0.263 e. The summed E-state index contributed by atoms with van der Waals surface area (Å²) in [7, 11) is 1.60. The van der Waals surface area contributed by atoms with Gasteiger partial charge in [0.1, 0.15) is 22.4 Å². The number of ether oxygens (including phenoxy) is 1. The van der Waals surface area contributed by atoms with E-state index >= 15 is 0 Å². The summed E-state index contributed by atoms with van der Waals surface area (Å²) in [6.07, 6.45) is 3.12. The van der Waals surface area contributed by atoms with E-state index < -0.39 is 6.04 Å². The van der Waals surface area contributed by atoms with Crippen LogP contribution in [0, 0.1) is 0 Å². The summed E-state index contributed by atoms with van der Waals surface area (Å²) in [4.78, 5) is 16.8. The van der Waals surface area contributed by atoms with E-state index in [2.05, 4.69) is 10.3 Å². The Morgan fingerprint density at radius 2 is 2.18 bits per heavy atom. The molecule has 1 unspecified atom stereocenters. The van der Waals surface area contributed by atoms with Crippen molar-refractivity contribution in [1.29, 1.82) is 0 Å². The van der Waals surface area contributed by atoms with Gasteiger partial charge in [-0.2, -0.15) is 0 Å². The molecule has 0 bridgehead atoms. The van der Waals surface area contributed by atoms with Gasteiger partial charge < -0.3 is 14.5 Å². The van der Waals surface area contributed by atoms with Crippen molar-refractivity contribution in [2.75, 3.05) is 7.11 Å². The third kappa shape index (κ3) is 2.87. The molecule has 0 radical (unpaired) electrons. The first-order valence-corrected chi connectivity index (χ1v) is 7.53. The SMILES string of the molecule is COc1ccccc1C(NC(=O)c1cncs1)c1ccco1. The second-order valence-corrected chi connectivity index (χ2v) is 5.42. The number of carbonyl (C=O) groups is 1. The number of carbonyl (C=O) groups excluding carboxylic acids is 1. The van der Waals surface area contributed by atoms with Crippen LogP contribution in [0.25, 0.3) is 0 Å². The van der Waals surface area contributed by atoms with Gasteiger partial charge in [-0.15, -0.1) is 11.3 Å². The Bertz CT molecular complexity index is 739. The van der Waals surface area contributed by atoms with E-state index in [9.17, 15) is 4.79 Å². The Labute approximate surface area is 131 Å². The summed E-state index contributed by atoms with van der Waals surface area (Å²) in [5, 5.41) is 2.97. The number of nitrogens with zero attached hydrogens (tertiary/aromatic N) is 1. The number of para-hydroxylation sites is 1. The molecule has 112 valence electrons. The second-order valence-electron chi connectivity index (χ2n) is 4.53. The quantitative estimate of drug-likeness (QED) is 0.785. The molecule has 0 saturated carbocycles. The fourth-order valence-corrected chi connectivity index (χ4v) is 2.72. The zero-order valence-corrected chi connectivity index (χ0v) is 12.7. The number of nitrogens with one attached hydrogen (secondary N) is 1. The summed E-state index contributed by atoms with van der Waals surface area (Å²) in [5.41, 5.74) is 2.46. The van der Waals surface area contributed by atoms with Gasteiger partial charge in [-0.3, -0.25) is 9.78 Å². The maximum absolute atomic E-state index is 12.4. The standard InChI is InChI=1S/C16H14N2O3S/c1-20-12-6-3-2-5-11(12)15(13-7-4-8-21-13)18-16(19)14-9-17-10-22-14/h2-10,15H,1H3,(H,18,19). The van der Waals surface area contributed by atoms with Crippen molar-refractivity contribution in [3.8, 4) is 5.75 Å². The van der Waals surface area contributed by atoms with E-state index in [1.165, 1.54) is 11.3 Å². The lowest BCUT2D eigenvalue weighted by molar-refractivity contribution is 0.0942. The Balaban J connectivity index is 1.96. The Morgan fingerprint density at radius 1 is 1.32 bits per heavy atom. The molecule has 0 aliphatic carbocycles. The summed E-state index contributed by atoms with van der Waals surface area (Å²) >= 11 is 1.29. The highest BCUT2D eigenvalue weighted by Crippen LogP contribution is 2.30. The molecule has 1 aromatic carbocycles. The molecular weight excluding hydrogens is 300 g/mol. The number of aromatic nitrogens is 1. The Morgan fingerprint density at radius 3 is 2.86 bits per heavy atom. The predicted molar refractivity (Wildman–Crippen MR) is 83.1 cm³/mol. The first kappa shape index (κ1) is 14.3. The third-order valence-electron chi connectivity index (χ3n) is 3.21. The molecule has 0 aliphatic rings. The summed E-state index contributed by atoms with van der Waals surface area (Å²) in [6, 6.07) is 10.7. The predicted octanol–water partition coefficient (Wildman–Crippen LogP) is 3.26. The highest BCUT2D eigenvalue weighted by atomic mass is 32.1. The highest BCUT2D eigenvalue weighted by Gasteiger charge is 2.23. The summed E-state index contributed by atoms with van der Waals surface area (Å²) in [5.74, 6) is 1.13. The van der Waals surface area contributed by atoms with Crippen molar-refractivity contribution in [2.24, 2.45) is 0 Å². The van der Waals surface area contributed by atoms with E-state index in [4.69, 9.17) is 9.15 Å². The minimum atomic E-state index is -0.430. The van der Waals surface area contributed by atoms with Crippen molar-refractivity contribution in [3.05, 3.63) is 70.6 Å². The van der Waals surface area contributed by atoms with Crippen LogP contribution >= 0.6 is 11.3 Å². The number of hydrogen-bond donors (Lipinski definition) is 1. The van der Waals surface area contributed by atoms with E-state index in [0.29, 0.717) is 16.4 Å². The van der Waals surface area contributed by atoms with Gasteiger partial charge in [0.15, 0.2) is 0 Å². The van der Waals surface area contributed by atoms with Gasteiger partial charge in [0.2, 0.25) is 0 Å². The van der Waals surface area contributed by atoms with Gasteiger partial charge in [-0.1, -0.05) is 18.2 Å². The molecule has 2 aromatic heterocycles. The molecule has 1 N–H and O–H groups in total. The topological polar surface area (TPSA) is 64.4 Å². The number of amides is 1. The number of benzene rings is 1. The van der Waals surface area contributed by atoms with E-state index in [1.807, 2.05) is 30.3 Å². The van der Waals surface area contributed by atoms with Gasteiger partial charge in [0.05, 0.1) is 25.1 Å². The third-order valence-corrected chi connectivity index (χ3v) is 3.98. The number of hydrogen-bond acceptors (Lipinski definition) is 5. The van der Waals surface area contributed by atoms with Gasteiger partial charge in [-0.05, 0) is 18.2 Å². The average molecular weight is 314 g/mol. The molecule has 1 atom stereocenters. The zero-order chi connectivity index (χ0) is 15.4. The lowest BCUT2D eigenvalue weighted by atomic mass is 10.0. The van der Waals surface area contributed by atoms with Crippen LogP contribution in [0.15, 0.2) is 58.8 Å². The molecular formula is C16H14N2O3S. The van der Waals surface area contributed by atoms with E-state index in [0.717, 1.165) is 5.56 Å². The molecule has 0 fully saturated rings. The van der Waals surface area contributed by atoms with E-state index in [1.54, 1.807) is 31.1 Å². The van der Waals surface area contributed by atoms with Crippen molar-refractivity contribution < 1.29 is 13.9 Å². The number of furan rings is 1. The largest absolute Gasteiger partial charge is 0.496 e. The van der Waals surface area contributed by atoms with Crippen LogP contribution in [0.3, 0.4) is 0 Å².